The van der Waals surface area contributed by atoms with Crippen LogP contribution in [0.4, 0.5) is 5.69 Å². The minimum Gasteiger partial charge on any atom is -0.309 e. The Bertz CT molecular complexity index is 891. The lowest BCUT2D eigenvalue weighted by Gasteiger charge is -2.23. The first kappa shape index (κ1) is 17.5. The molecule has 0 spiro atoms. The van der Waals surface area contributed by atoms with Crippen molar-refractivity contribution in [2.75, 3.05) is 11.4 Å². The van der Waals surface area contributed by atoms with E-state index in [2.05, 4.69) is 18.1 Å². The molecule has 138 valence electrons. The summed E-state index contributed by atoms with van der Waals surface area (Å²) in [7, 11) is 0. The molecular formula is C22H23N3O2. The van der Waals surface area contributed by atoms with Gasteiger partial charge in [-0.15, -0.1) is 0 Å². The number of hydrogen-bond acceptors (Lipinski definition) is 3. The summed E-state index contributed by atoms with van der Waals surface area (Å²) < 4.78 is 0. The highest BCUT2D eigenvalue weighted by atomic mass is 16.2. The largest absolute Gasteiger partial charge is 0.309 e. The number of carbonyl (C=O) groups excluding carboxylic acids is 2. The van der Waals surface area contributed by atoms with Crippen molar-refractivity contribution in [3.63, 3.8) is 0 Å². The van der Waals surface area contributed by atoms with E-state index in [0.717, 1.165) is 29.8 Å². The van der Waals surface area contributed by atoms with Gasteiger partial charge in [-0.3, -0.25) is 9.59 Å². The number of para-hydroxylation sites is 1. The third kappa shape index (κ3) is 3.50. The van der Waals surface area contributed by atoms with Gasteiger partial charge < -0.3 is 4.90 Å². The number of carbonyl (C=O) groups is 2. The second-order valence-corrected chi connectivity index (χ2v) is 7.13. The SMILES string of the molecule is C[C@H]1Cc2ccccc2N1C(=O)CCC(=O)N1CCC(c2ccccc2)=N1. The van der Waals surface area contributed by atoms with Crippen LogP contribution < -0.4 is 4.90 Å². The molecule has 0 aliphatic carbocycles. The summed E-state index contributed by atoms with van der Waals surface area (Å²) in [4.78, 5) is 27.1. The summed E-state index contributed by atoms with van der Waals surface area (Å²) in [6, 6.07) is 18.0. The first-order chi connectivity index (χ1) is 13.1. The number of hydrogen-bond donors (Lipinski definition) is 0. The maximum Gasteiger partial charge on any atom is 0.243 e. The predicted molar refractivity (Wildman–Crippen MR) is 106 cm³/mol. The highest BCUT2D eigenvalue weighted by molar-refractivity contribution is 6.03. The summed E-state index contributed by atoms with van der Waals surface area (Å²) in [6.07, 6.45) is 2.02. The van der Waals surface area contributed by atoms with Gasteiger partial charge in [-0.25, -0.2) is 5.01 Å². The van der Waals surface area contributed by atoms with Crippen molar-refractivity contribution in [2.45, 2.75) is 38.6 Å². The van der Waals surface area contributed by atoms with Crippen molar-refractivity contribution in [3.8, 4) is 0 Å². The van der Waals surface area contributed by atoms with Gasteiger partial charge in [0.15, 0.2) is 0 Å². The van der Waals surface area contributed by atoms with Gasteiger partial charge >= 0.3 is 0 Å². The van der Waals surface area contributed by atoms with Gasteiger partial charge in [0.05, 0.1) is 12.3 Å². The van der Waals surface area contributed by atoms with Gasteiger partial charge in [-0.2, -0.15) is 5.10 Å². The van der Waals surface area contributed by atoms with Crippen molar-refractivity contribution in [1.82, 2.24) is 5.01 Å². The minimum absolute atomic E-state index is 0.00672. The van der Waals surface area contributed by atoms with E-state index in [1.165, 1.54) is 10.6 Å². The highest BCUT2D eigenvalue weighted by Crippen LogP contribution is 2.32. The smallest absolute Gasteiger partial charge is 0.243 e. The number of hydrazone groups is 1. The minimum atomic E-state index is -0.0885. The summed E-state index contributed by atoms with van der Waals surface area (Å²) >= 11 is 0. The maximum absolute atomic E-state index is 12.7. The number of rotatable bonds is 4. The van der Waals surface area contributed by atoms with Crippen LogP contribution in [0, 0.1) is 0 Å². The molecule has 0 bridgehead atoms. The number of benzene rings is 2. The van der Waals surface area contributed by atoms with Crippen LogP contribution in [0.25, 0.3) is 0 Å². The van der Waals surface area contributed by atoms with Crippen molar-refractivity contribution >= 4 is 23.2 Å². The summed E-state index contributed by atoms with van der Waals surface area (Å²) in [5, 5.41) is 5.97. The lowest BCUT2D eigenvalue weighted by molar-refractivity contribution is -0.132. The number of anilines is 1. The summed E-state index contributed by atoms with van der Waals surface area (Å²) in [5.41, 5.74) is 4.15. The molecule has 0 fully saturated rings. The molecule has 5 heteroatoms. The molecule has 0 saturated heterocycles. The van der Waals surface area contributed by atoms with E-state index >= 15 is 0 Å². The maximum atomic E-state index is 12.7. The van der Waals surface area contributed by atoms with E-state index < -0.39 is 0 Å². The second-order valence-electron chi connectivity index (χ2n) is 7.13. The lowest BCUT2D eigenvalue weighted by Crippen LogP contribution is -2.36. The normalized spacial score (nSPS) is 18.4. The van der Waals surface area contributed by atoms with Gasteiger partial charge in [0, 0.05) is 31.0 Å². The van der Waals surface area contributed by atoms with Crippen molar-refractivity contribution < 1.29 is 9.59 Å². The van der Waals surface area contributed by atoms with Gasteiger partial charge in [0.2, 0.25) is 11.8 Å². The monoisotopic (exact) mass is 361 g/mol. The molecule has 2 amide bonds. The Morgan fingerprint density at radius 3 is 2.52 bits per heavy atom. The van der Waals surface area contributed by atoms with Crippen LogP contribution in [0.5, 0.6) is 0 Å². The van der Waals surface area contributed by atoms with Crippen LogP contribution in [0.15, 0.2) is 59.7 Å². The zero-order valence-electron chi connectivity index (χ0n) is 15.5. The lowest BCUT2D eigenvalue weighted by atomic mass is 10.1. The second kappa shape index (κ2) is 7.35. The van der Waals surface area contributed by atoms with E-state index in [0.29, 0.717) is 6.54 Å². The fraction of sp³-hybridized carbons (Fsp3) is 0.318. The quantitative estimate of drug-likeness (QED) is 0.838. The Morgan fingerprint density at radius 1 is 1.00 bits per heavy atom. The van der Waals surface area contributed by atoms with E-state index in [4.69, 9.17) is 0 Å². The van der Waals surface area contributed by atoms with Crippen LogP contribution in [-0.2, 0) is 16.0 Å². The van der Waals surface area contributed by atoms with Crippen molar-refractivity contribution in [1.29, 1.82) is 0 Å². The van der Waals surface area contributed by atoms with Gasteiger partial charge in [-0.1, -0.05) is 48.5 Å². The molecule has 2 aromatic rings. The standard InChI is InChI=1S/C22H23N3O2/c1-16-15-18-9-5-6-10-20(18)25(16)22(27)12-11-21(26)24-14-13-19(23-24)17-7-3-2-4-8-17/h2-10,16H,11-15H2,1H3/t16-/m0/s1. The van der Waals surface area contributed by atoms with Crippen LogP contribution in [0.1, 0.15) is 37.3 Å². The first-order valence-corrected chi connectivity index (χ1v) is 9.46. The molecule has 2 aliphatic rings. The Morgan fingerprint density at radius 2 is 1.70 bits per heavy atom. The van der Waals surface area contributed by atoms with Crippen LogP contribution >= 0.6 is 0 Å². The molecule has 4 rings (SSSR count). The molecule has 0 saturated carbocycles. The van der Waals surface area contributed by atoms with Gasteiger partial charge in [0.25, 0.3) is 0 Å². The first-order valence-electron chi connectivity index (χ1n) is 9.46. The van der Waals surface area contributed by atoms with E-state index in [1.54, 1.807) is 0 Å². The van der Waals surface area contributed by atoms with E-state index in [-0.39, 0.29) is 30.7 Å². The highest BCUT2D eigenvalue weighted by Gasteiger charge is 2.31. The Hall–Kier alpha value is -2.95. The molecule has 2 heterocycles. The fourth-order valence-electron chi connectivity index (χ4n) is 3.88. The third-order valence-corrected chi connectivity index (χ3v) is 5.23. The Balaban J connectivity index is 1.37. The molecule has 0 aromatic heterocycles. The average molecular weight is 361 g/mol. The van der Waals surface area contributed by atoms with Crippen molar-refractivity contribution in [3.05, 3.63) is 65.7 Å². The zero-order chi connectivity index (χ0) is 18.8. The summed E-state index contributed by atoms with van der Waals surface area (Å²) in [6.45, 7) is 2.64. The van der Waals surface area contributed by atoms with Crippen LogP contribution in [-0.4, -0.2) is 35.1 Å². The Kier molecular flexibility index (Phi) is 4.75. The molecule has 1 atom stereocenters. The Labute approximate surface area is 159 Å². The predicted octanol–water partition coefficient (Wildman–Crippen LogP) is 3.38. The number of fused-ring (bicyclic) bond motifs is 1. The van der Waals surface area contributed by atoms with E-state index in [9.17, 15) is 9.59 Å². The van der Waals surface area contributed by atoms with E-state index in [1.807, 2.05) is 53.4 Å². The number of nitrogens with zero attached hydrogens (tertiary/aromatic N) is 3. The molecule has 5 nitrogen and oxygen atoms in total. The molecule has 27 heavy (non-hydrogen) atoms. The zero-order valence-corrected chi connectivity index (χ0v) is 15.5. The molecular weight excluding hydrogens is 338 g/mol. The third-order valence-electron chi connectivity index (χ3n) is 5.23. The van der Waals surface area contributed by atoms with Gasteiger partial charge in [-0.05, 0) is 30.5 Å². The topological polar surface area (TPSA) is 53.0 Å². The molecule has 0 N–H and O–H groups in total. The fourth-order valence-corrected chi connectivity index (χ4v) is 3.88. The average Bonchev–Trinajstić information content (AvgIpc) is 3.30. The molecule has 0 unspecified atom stereocenters. The molecule has 0 radical (unpaired) electrons. The van der Waals surface area contributed by atoms with Gasteiger partial charge in [0.1, 0.15) is 0 Å². The van der Waals surface area contributed by atoms with Crippen LogP contribution in [0.2, 0.25) is 0 Å². The van der Waals surface area contributed by atoms with Crippen LogP contribution in [0.3, 0.4) is 0 Å². The summed E-state index contributed by atoms with van der Waals surface area (Å²) in [5.74, 6) is -0.0818. The number of amides is 2. The molecule has 2 aromatic carbocycles. The van der Waals surface area contributed by atoms with Crippen molar-refractivity contribution in [2.24, 2.45) is 5.10 Å². The molecule has 2 aliphatic heterocycles.